The number of carbonyl (C=O) groups is 4. The summed E-state index contributed by atoms with van der Waals surface area (Å²) in [4.78, 5) is 43.0. The molecule has 2 aromatic heterocycles. The summed E-state index contributed by atoms with van der Waals surface area (Å²) in [6.07, 6.45) is -11.1. The monoisotopic (exact) mass is 428 g/mol. The molecule has 0 atom stereocenters. The average molecular weight is 428 g/mol. The fourth-order valence-corrected chi connectivity index (χ4v) is 2.21. The van der Waals surface area contributed by atoms with Crippen molar-refractivity contribution < 1.29 is 49.9 Å². The smallest absolute Gasteiger partial charge is 0.450 e. The molecule has 0 aliphatic heterocycles. The molecular formula is C16H10F6O5S. The Morgan fingerprint density at radius 2 is 1.36 bits per heavy atom. The molecule has 5 nitrogen and oxygen atoms in total. The lowest BCUT2D eigenvalue weighted by molar-refractivity contribution is -0.170. The van der Waals surface area contributed by atoms with Crippen LogP contribution in [0.2, 0.25) is 0 Å². The minimum atomic E-state index is -4.97. The first-order valence-electron chi connectivity index (χ1n) is 7.15. The number of ketones is 4. The molecule has 0 aromatic carbocycles. The van der Waals surface area contributed by atoms with Crippen LogP contribution in [-0.2, 0) is 9.59 Å². The zero-order chi connectivity index (χ0) is 21.5. The molecule has 0 fully saturated rings. The van der Waals surface area contributed by atoms with E-state index >= 15 is 0 Å². The molecule has 0 radical (unpaired) electrons. The summed E-state index contributed by atoms with van der Waals surface area (Å²) < 4.78 is 75.0. The SMILES string of the molecule is O=C(CC(=O)C(F)(F)F)c1ccco1.O=C(CC(=O)C(F)(F)F)c1cccs1. The highest BCUT2D eigenvalue weighted by molar-refractivity contribution is 7.12. The van der Waals surface area contributed by atoms with Gasteiger partial charge in [0.2, 0.25) is 17.3 Å². The van der Waals surface area contributed by atoms with Crippen LogP contribution >= 0.6 is 11.3 Å². The number of furan rings is 1. The first-order valence-corrected chi connectivity index (χ1v) is 8.03. The maximum absolute atomic E-state index is 11.8. The molecule has 28 heavy (non-hydrogen) atoms. The van der Waals surface area contributed by atoms with E-state index in [1.54, 1.807) is 5.38 Å². The number of thiophene rings is 1. The molecule has 0 bridgehead atoms. The zero-order valence-corrected chi connectivity index (χ0v) is 14.4. The number of alkyl halides is 6. The second-order valence-electron chi connectivity index (χ2n) is 5.00. The Labute approximate surface area is 156 Å². The van der Waals surface area contributed by atoms with Crippen molar-refractivity contribution in [3.63, 3.8) is 0 Å². The van der Waals surface area contributed by atoms with E-state index in [0.29, 0.717) is 0 Å². The van der Waals surface area contributed by atoms with Crippen LogP contribution in [0.4, 0.5) is 26.3 Å². The predicted octanol–water partition coefficient (Wildman–Crippen LogP) is 4.44. The van der Waals surface area contributed by atoms with Crippen LogP contribution in [0.3, 0.4) is 0 Å². The second kappa shape index (κ2) is 9.44. The molecular weight excluding hydrogens is 418 g/mol. The summed E-state index contributed by atoms with van der Waals surface area (Å²) in [5, 5.41) is 1.56. The van der Waals surface area contributed by atoms with Gasteiger partial charge in [0.1, 0.15) is 0 Å². The number of carbonyl (C=O) groups excluding carboxylic acids is 4. The topological polar surface area (TPSA) is 81.4 Å². The first kappa shape index (κ1) is 23.3. The van der Waals surface area contributed by atoms with Gasteiger partial charge in [-0.1, -0.05) is 6.07 Å². The van der Waals surface area contributed by atoms with E-state index < -0.39 is 48.3 Å². The number of hydrogen-bond donors (Lipinski definition) is 0. The van der Waals surface area contributed by atoms with Crippen LogP contribution in [0.15, 0.2) is 40.3 Å². The van der Waals surface area contributed by atoms with Crippen molar-refractivity contribution in [2.24, 2.45) is 0 Å². The molecule has 0 unspecified atom stereocenters. The summed E-state index contributed by atoms with van der Waals surface area (Å²) >= 11 is 1.01. The third kappa shape index (κ3) is 7.47. The quantitative estimate of drug-likeness (QED) is 0.386. The van der Waals surface area contributed by atoms with Gasteiger partial charge in [0.25, 0.3) is 0 Å². The Morgan fingerprint density at radius 3 is 1.75 bits per heavy atom. The van der Waals surface area contributed by atoms with Crippen molar-refractivity contribution in [3.05, 3.63) is 46.5 Å². The van der Waals surface area contributed by atoms with Gasteiger partial charge in [0, 0.05) is 0 Å². The van der Waals surface area contributed by atoms with Crippen molar-refractivity contribution in [1.29, 1.82) is 0 Å². The zero-order valence-electron chi connectivity index (χ0n) is 13.6. The highest BCUT2D eigenvalue weighted by Crippen LogP contribution is 2.21. The summed E-state index contributed by atoms with van der Waals surface area (Å²) in [7, 11) is 0. The predicted molar refractivity (Wildman–Crippen MR) is 83.0 cm³/mol. The maximum atomic E-state index is 11.8. The van der Waals surface area contributed by atoms with E-state index in [0.717, 1.165) is 17.6 Å². The number of rotatable bonds is 6. The van der Waals surface area contributed by atoms with Gasteiger partial charge in [0.05, 0.1) is 24.0 Å². The van der Waals surface area contributed by atoms with Crippen molar-refractivity contribution in [3.8, 4) is 0 Å². The fourth-order valence-electron chi connectivity index (χ4n) is 1.54. The lowest BCUT2D eigenvalue weighted by atomic mass is 10.1. The number of halogens is 6. The molecule has 0 spiro atoms. The molecule has 2 aromatic rings. The van der Waals surface area contributed by atoms with Crippen LogP contribution in [0.5, 0.6) is 0 Å². The van der Waals surface area contributed by atoms with Gasteiger partial charge >= 0.3 is 12.4 Å². The molecule has 2 heterocycles. The highest BCUT2D eigenvalue weighted by Gasteiger charge is 2.40. The molecule has 0 saturated heterocycles. The first-order chi connectivity index (χ1) is 12.8. The number of hydrogen-bond acceptors (Lipinski definition) is 6. The van der Waals surface area contributed by atoms with Crippen LogP contribution in [0, 0.1) is 0 Å². The van der Waals surface area contributed by atoms with Crippen LogP contribution in [0.1, 0.15) is 33.1 Å². The molecule has 2 rings (SSSR count). The Kier molecular flexibility index (Phi) is 7.85. The van der Waals surface area contributed by atoms with Crippen molar-refractivity contribution in [2.45, 2.75) is 25.2 Å². The van der Waals surface area contributed by atoms with Gasteiger partial charge in [0.15, 0.2) is 11.5 Å². The Bertz CT molecular complexity index is 749. The Hall–Kier alpha value is -2.76. The maximum Gasteiger partial charge on any atom is 0.450 e. The molecule has 152 valence electrons. The minimum absolute atomic E-state index is 0.169. The van der Waals surface area contributed by atoms with Crippen molar-refractivity contribution >= 4 is 34.5 Å². The van der Waals surface area contributed by atoms with Crippen molar-refractivity contribution in [1.82, 2.24) is 0 Å². The lowest BCUT2D eigenvalue weighted by Crippen LogP contribution is -2.25. The van der Waals surface area contributed by atoms with E-state index in [4.69, 9.17) is 0 Å². The van der Waals surface area contributed by atoms with Gasteiger partial charge < -0.3 is 4.42 Å². The van der Waals surface area contributed by atoms with Gasteiger partial charge in [-0.2, -0.15) is 26.3 Å². The van der Waals surface area contributed by atoms with E-state index in [2.05, 4.69) is 4.42 Å². The average Bonchev–Trinajstić information content (AvgIpc) is 3.27. The van der Waals surface area contributed by atoms with Gasteiger partial charge in [-0.15, -0.1) is 11.3 Å². The van der Waals surface area contributed by atoms with Crippen LogP contribution in [0.25, 0.3) is 0 Å². The standard InChI is InChI=1S/C8H5F3O3.C8H5F3O2S/c2*9-8(10,11)7(13)4-5(12)6-2-1-3-14-6/h2*1-3H,4H2. The molecule has 0 aliphatic carbocycles. The lowest BCUT2D eigenvalue weighted by Gasteiger charge is -2.02. The van der Waals surface area contributed by atoms with Crippen LogP contribution < -0.4 is 0 Å². The van der Waals surface area contributed by atoms with Crippen molar-refractivity contribution in [2.75, 3.05) is 0 Å². The van der Waals surface area contributed by atoms with Gasteiger partial charge in [-0.05, 0) is 23.6 Å². The molecule has 12 heteroatoms. The van der Waals surface area contributed by atoms with E-state index in [-0.39, 0.29) is 10.6 Å². The number of Topliss-reactive ketones (excluding diaryl/α,β-unsaturated/α-hetero) is 4. The molecule has 0 aliphatic rings. The van der Waals surface area contributed by atoms with Crippen LogP contribution in [-0.4, -0.2) is 35.5 Å². The van der Waals surface area contributed by atoms with Gasteiger partial charge in [-0.3, -0.25) is 19.2 Å². The largest absolute Gasteiger partial charge is 0.461 e. The summed E-state index contributed by atoms with van der Waals surface area (Å²) in [6, 6.07) is 5.48. The Morgan fingerprint density at radius 1 is 0.821 bits per heavy atom. The molecule has 0 N–H and O–H groups in total. The third-order valence-corrected chi connectivity index (χ3v) is 3.78. The summed E-state index contributed by atoms with van der Waals surface area (Å²) in [6.45, 7) is 0. The van der Waals surface area contributed by atoms with E-state index in [1.807, 2.05) is 0 Å². The summed E-state index contributed by atoms with van der Waals surface area (Å²) in [5.41, 5.74) is 0. The summed E-state index contributed by atoms with van der Waals surface area (Å²) in [5.74, 6) is -6.09. The third-order valence-electron chi connectivity index (χ3n) is 2.87. The molecule has 0 saturated carbocycles. The normalized spacial score (nSPS) is 11.4. The Balaban J connectivity index is 0.000000280. The highest BCUT2D eigenvalue weighted by atomic mass is 32.1. The van der Waals surface area contributed by atoms with E-state index in [1.165, 1.54) is 24.3 Å². The minimum Gasteiger partial charge on any atom is -0.461 e. The van der Waals surface area contributed by atoms with Gasteiger partial charge in [-0.25, -0.2) is 0 Å². The fraction of sp³-hybridized carbons (Fsp3) is 0.250. The molecule has 0 amide bonds. The van der Waals surface area contributed by atoms with E-state index in [9.17, 15) is 45.5 Å². The second-order valence-corrected chi connectivity index (χ2v) is 5.94.